The number of nitrogens with one attached hydrogen (secondary N) is 1. The van der Waals surface area contributed by atoms with Gasteiger partial charge in [0.25, 0.3) is 11.1 Å². The van der Waals surface area contributed by atoms with Crippen LogP contribution in [0.3, 0.4) is 0 Å². The Kier molecular flexibility index (Phi) is 8.40. The number of hydrogen-bond donors (Lipinski definition) is 1. The van der Waals surface area contributed by atoms with E-state index in [-0.39, 0.29) is 27.9 Å². The van der Waals surface area contributed by atoms with Crippen LogP contribution in [0.4, 0.5) is 10.5 Å². The van der Waals surface area contributed by atoms with Gasteiger partial charge in [0.1, 0.15) is 11.4 Å². The normalized spacial score (nSPS) is 14.6. The molecule has 38 heavy (non-hydrogen) atoms. The van der Waals surface area contributed by atoms with E-state index in [2.05, 4.69) is 5.32 Å². The van der Waals surface area contributed by atoms with E-state index in [0.717, 1.165) is 4.90 Å². The number of amides is 3. The van der Waals surface area contributed by atoms with Crippen LogP contribution in [-0.4, -0.2) is 43.5 Å². The van der Waals surface area contributed by atoms with Crippen LogP contribution in [0.15, 0.2) is 82.6 Å². The average Bonchev–Trinajstić information content (AvgIpc) is 3.13. The quantitative estimate of drug-likeness (QED) is 0.275. The van der Waals surface area contributed by atoms with Crippen molar-refractivity contribution in [3.8, 4) is 11.5 Å². The first-order valence-electron chi connectivity index (χ1n) is 11.2. The molecule has 4 rings (SSSR count). The maximum atomic E-state index is 12.8. The van der Waals surface area contributed by atoms with Gasteiger partial charge < -0.3 is 14.2 Å². The Bertz CT molecular complexity index is 1510. The summed E-state index contributed by atoms with van der Waals surface area (Å²) in [6.07, 6.45) is 1.46. The number of carbonyl (C=O) groups is 3. The predicted molar refractivity (Wildman–Crippen MR) is 145 cm³/mol. The Morgan fingerprint density at radius 3 is 2.42 bits per heavy atom. The number of ether oxygens (including phenoxy) is 1. The van der Waals surface area contributed by atoms with Gasteiger partial charge in [-0.15, -0.1) is 0 Å². The third kappa shape index (κ3) is 6.55. The monoisotopic (exact) mass is 572 g/mol. The van der Waals surface area contributed by atoms with E-state index in [0.29, 0.717) is 28.0 Å². The summed E-state index contributed by atoms with van der Waals surface area (Å²) in [6.45, 7) is 1.50. The number of anilines is 1. The highest BCUT2D eigenvalue weighted by Gasteiger charge is 2.36. The third-order valence-corrected chi connectivity index (χ3v) is 7.51. The van der Waals surface area contributed by atoms with Crippen LogP contribution in [0.25, 0.3) is 6.08 Å². The molecule has 0 spiro atoms. The Hall–Kier alpha value is -3.80. The largest absolute Gasteiger partial charge is 0.490 e. The van der Waals surface area contributed by atoms with E-state index in [1.165, 1.54) is 48.5 Å². The molecule has 3 aromatic carbocycles. The first-order valence-corrected chi connectivity index (χ1v) is 13.8. The number of thioether (sulfide) groups is 1. The Morgan fingerprint density at radius 1 is 1.03 bits per heavy atom. The van der Waals surface area contributed by atoms with E-state index in [1.54, 1.807) is 37.3 Å². The number of hydrogen-bond acceptors (Lipinski definition) is 8. The Labute approximate surface area is 228 Å². The minimum Gasteiger partial charge on any atom is -0.490 e. The molecule has 12 heteroatoms. The molecule has 0 atom stereocenters. The highest BCUT2D eigenvalue weighted by molar-refractivity contribution is 8.18. The molecule has 1 N–H and O–H groups in total. The lowest BCUT2D eigenvalue weighted by molar-refractivity contribution is -0.127. The van der Waals surface area contributed by atoms with Crippen molar-refractivity contribution in [1.82, 2.24) is 4.90 Å². The molecule has 1 heterocycles. The fourth-order valence-electron chi connectivity index (χ4n) is 3.37. The zero-order valence-electron chi connectivity index (χ0n) is 19.9. The molecule has 0 aromatic heterocycles. The Morgan fingerprint density at radius 2 is 1.74 bits per heavy atom. The summed E-state index contributed by atoms with van der Waals surface area (Å²) in [5.41, 5.74) is 1.01. The summed E-state index contributed by atoms with van der Waals surface area (Å²) in [4.78, 5) is 38.5. The van der Waals surface area contributed by atoms with Gasteiger partial charge in [-0.2, -0.15) is 8.42 Å². The molecule has 0 radical (unpaired) electrons. The van der Waals surface area contributed by atoms with Crippen molar-refractivity contribution in [2.45, 2.75) is 11.8 Å². The molecule has 9 nitrogen and oxygen atoms in total. The standard InChI is InChI=1S/C26H21ClN2O7S2/c1-2-35-22-14-17(8-13-21(22)36-38(33,34)20-11-9-18(27)10-12-20)15-23-25(31)29(26(32)37-23)16-24(30)28-19-6-4-3-5-7-19/h3-15H,2,16H2,1H3,(H,28,30)/b23-15-. The summed E-state index contributed by atoms with van der Waals surface area (Å²) < 4.78 is 36.2. The van der Waals surface area contributed by atoms with Gasteiger partial charge in [-0.05, 0) is 78.9 Å². The molecule has 1 fully saturated rings. The number of halogens is 1. The van der Waals surface area contributed by atoms with Crippen LogP contribution < -0.4 is 14.2 Å². The molecular formula is C26H21ClN2O7S2. The summed E-state index contributed by atoms with van der Waals surface area (Å²) in [6, 6.07) is 18.6. The van der Waals surface area contributed by atoms with E-state index in [4.69, 9.17) is 20.5 Å². The van der Waals surface area contributed by atoms with Crippen molar-refractivity contribution in [3.05, 3.63) is 88.3 Å². The average molecular weight is 573 g/mol. The van der Waals surface area contributed by atoms with Crippen molar-refractivity contribution in [3.63, 3.8) is 0 Å². The highest BCUT2D eigenvalue weighted by Crippen LogP contribution is 2.35. The number of carbonyl (C=O) groups excluding carboxylic acids is 3. The number of para-hydroxylation sites is 1. The second-order valence-electron chi connectivity index (χ2n) is 7.81. The summed E-state index contributed by atoms with van der Waals surface area (Å²) in [7, 11) is -4.17. The molecule has 1 aliphatic heterocycles. The second-order valence-corrected chi connectivity index (χ2v) is 10.8. The Balaban J connectivity index is 1.51. The maximum Gasteiger partial charge on any atom is 0.339 e. The van der Waals surface area contributed by atoms with Crippen LogP contribution in [0.1, 0.15) is 12.5 Å². The molecule has 1 aliphatic rings. The van der Waals surface area contributed by atoms with Gasteiger partial charge in [0, 0.05) is 10.7 Å². The third-order valence-electron chi connectivity index (χ3n) is 5.10. The molecule has 0 aliphatic carbocycles. The van der Waals surface area contributed by atoms with Gasteiger partial charge in [-0.3, -0.25) is 19.3 Å². The molecule has 0 saturated carbocycles. The molecule has 1 saturated heterocycles. The van der Waals surface area contributed by atoms with Crippen LogP contribution in [0, 0.1) is 0 Å². The van der Waals surface area contributed by atoms with Crippen LogP contribution in [0.2, 0.25) is 5.02 Å². The first-order chi connectivity index (χ1) is 18.2. The summed E-state index contributed by atoms with van der Waals surface area (Å²) in [5.74, 6) is -1.06. The van der Waals surface area contributed by atoms with E-state index in [9.17, 15) is 22.8 Å². The van der Waals surface area contributed by atoms with E-state index in [1.807, 2.05) is 0 Å². The highest BCUT2D eigenvalue weighted by atomic mass is 35.5. The van der Waals surface area contributed by atoms with E-state index >= 15 is 0 Å². The molecule has 0 unspecified atom stereocenters. The van der Waals surface area contributed by atoms with Crippen molar-refractivity contribution >= 4 is 62.3 Å². The van der Waals surface area contributed by atoms with Crippen LogP contribution >= 0.6 is 23.4 Å². The molecular weight excluding hydrogens is 552 g/mol. The van der Waals surface area contributed by atoms with Crippen molar-refractivity contribution in [1.29, 1.82) is 0 Å². The van der Waals surface area contributed by atoms with Gasteiger partial charge in [-0.1, -0.05) is 35.9 Å². The lowest BCUT2D eigenvalue weighted by Gasteiger charge is -2.13. The van der Waals surface area contributed by atoms with Gasteiger partial charge in [0.2, 0.25) is 5.91 Å². The SMILES string of the molecule is CCOc1cc(/C=C2\SC(=O)N(CC(=O)Nc3ccccc3)C2=O)ccc1OS(=O)(=O)c1ccc(Cl)cc1. The molecule has 3 aromatic rings. The number of imide groups is 1. The first kappa shape index (κ1) is 27.2. The predicted octanol–water partition coefficient (Wildman–Crippen LogP) is 5.18. The van der Waals surface area contributed by atoms with Gasteiger partial charge >= 0.3 is 10.1 Å². The zero-order chi connectivity index (χ0) is 27.3. The number of rotatable bonds is 9. The van der Waals surface area contributed by atoms with Crippen molar-refractivity contribution < 1.29 is 31.7 Å². The minimum absolute atomic E-state index is 0.0513. The van der Waals surface area contributed by atoms with Gasteiger partial charge in [-0.25, -0.2) is 0 Å². The zero-order valence-corrected chi connectivity index (χ0v) is 22.3. The summed E-state index contributed by atoms with van der Waals surface area (Å²) in [5, 5.41) is 2.43. The fraction of sp³-hybridized carbons (Fsp3) is 0.115. The number of benzene rings is 3. The lowest BCUT2D eigenvalue weighted by atomic mass is 10.2. The molecule has 3 amide bonds. The van der Waals surface area contributed by atoms with Crippen LogP contribution in [-0.2, 0) is 19.7 Å². The fourth-order valence-corrected chi connectivity index (χ4v) is 5.28. The van der Waals surface area contributed by atoms with Crippen molar-refractivity contribution in [2.24, 2.45) is 0 Å². The van der Waals surface area contributed by atoms with E-state index < -0.39 is 33.7 Å². The second kappa shape index (κ2) is 11.7. The molecule has 196 valence electrons. The minimum atomic E-state index is -4.17. The maximum absolute atomic E-state index is 12.8. The lowest BCUT2D eigenvalue weighted by Crippen LogP contribution is -2.36. The number of nitrogens with zero attached hydrogens (tertiary/aromatic N) is 1. The van der Waals surface area contributed by atoms with Gasteiger partial charge in [0.15, 0.2) is 11.5 Å². The van der Waals surface area contributed by atoms with Crippen LogP contribution in [0.5, 0.6) is 11.5 Å². The van der Waals surface area contributed by atoms with Gasteiger partial charge in [0.05, 0.1) is 11.5 Å². The smallest absolute Gasteiger partial charge is 0.339 e. The molecule has 0 bridgehead atoms. The summed E-state index contributed by atoms with van der Waals surface area (Å²) >= 11 is 6.53. The van der Waals surface area contributed by atoms with Crippen molar-refractivity contribution in [2.75, 3.05) is 18.5 Å². The topological polar surface area (TPSA) is 119 Å².